The Morgan fingerprint density at radius 2 is 2.05 bits per heavy atom. The third-order valence-corrected chi connectivity index (χ3v) is 3.77. The van der Waals surface area contributed by atoms with Gasteiger partial charge in [-0.2, -0.15) is 5.10 Å². The van der Waals surface area contributed by atoms with Gasteiger partial charge in [0.05, 0.1) is 11.7 Å². The maximum atomic E-state index is 5.68. The fraction of sp³-hybridized carbons (Fsp3) is 0.438. The van der Waals surface area contributed by atoms with E-state index in [0.717, 1.165) is 29.2 Å². The second-order valence-electron chi connectivity index (χ2n) is 5.18. The molecule has 1 aliphatic heterocycles. The molecule has 112 valence electrons. The molecule has 0 amide bonds. The predicted molar refractivity (Wildman–Crippen MR) is 80.9 cm³/mol. The predicted octanol–water partition coefficient (Wildman–Crippen LogP) is 2.06. The van der Waals surface area contributed by atoms with Crippen molar-refractivity contribution in [3.05, 3.63) is 41.2 Å². The molecular formula is C16H21N3O2. The van der Waals surface area contributed by atoms with Crippen molar-refractivity contribution in [2.75, 3.05) is 20.3 Å². The van der Waals surface area contributed by atoms with Gasteiger partial charge >= 0.3 is 0 Å². The molecule has 0 spiro atoms. The Labute approximate surface area is 124 Å². The van der Waals surface area contributed by atoms with Crippen LogP contribution in [0.5, 0.6) is 11.5 Å². The molecule has 1 aromatic carbocycles. The first-order valence-electron chi connectivity index (χ1n) is 7.32. The van der Waals surface area contributed by atoms with Gasteiger partial charge in [0.2, 0.25) is 0 Å². The number of fused-ring (bicyclic) bond motifs is 1. The Bertz CT molecular complexity index is 636. The molecule has 1 unspecified atom stereocenters. The molecule has 0 fully saturated rings. The van der Waals surface area contributed by atoms with Gasteiger partial charge in [-0.3, -0.25) is 4.68 Å². The van der Waals surface area contributed by atoms with E-state index in [2.05, 4.69) is 35.7 Å². The smallest absolute Gasteiger partial charge is 0.161 e. The average molecular weight is 287 g/mol. The van der Waals surface area contributed by atoms with Gasteiger partial charge in [-0.15, -0.1) is 0 Å². The Kier molecular flexibility index (Phi) is 3.84. The number of hydrogen-bond donors (Lipinski definition) is 1. The normalized spacial score (nSPS) is 15.0. The Hall–Kier alpha value is -2.01. The van der Waals surface area contributed by atoms with Gasteiger partial charge in [0.25, 0.3) is 0 Å². The highest BCUT2D eigenvalue weighted by atomic mass is 16.6. The van der Waals surface area contributed by atoms with E-state index in [0.29, 0.717) is 13.2 Å². The molecule has 1 aliphatic rings. The fourth-order valence-electron chi connectivity index (χ4n) is 2.81. The van der Waals surface area contributed by atoms with Crippen LogP contribution in [-0.4, -0.2) is 30.0 Å². The summed E-state index contributed by atoms with van der Waals surface area (Å²) in [7, 11) is 3.92. The van der Waals surface area contributed by atoms with Gasteiger partial charge in [-0.05, 0) is 31.2 Å². The lowest BCUT2D eigenvalue weighted by Crippen LogP contribution is -2.20. The van der Waals surface area contributed by atoms with Crippen molar-refractivity contribution in [1.29, 1.82) is 0 Å². The average Bonchev–Trinajstić information content (AvgIpc) is 2.89. The van der Waals surface area contributed by atoms with Crippen molar-refractivity contribution in [2.45, 2.75) is 19.4 Å². The largest absolute Gasteiger partial charge is 0.486 e. The second kappa shape index (κ2) is 5.77. The third-order valence-electron chi connectivity index (χ3n) is 3.77. The van der Waals surface area contributed by atoms with Crippen LogP contribution in [-0.2, 0) is 13.5 Å². The summed E-state index contributed by atoms with van der Waals surface area (Å²) in [6.45, 7) is 3.35. The number of aromatic nitrogens is 2. The molecule has 2 heterocycles. The summed E-state index contributed by atoms with van der Waals surface area (Å²) in [6, 6.07) is 6.23. The van der Waals surface area contributed by atoms with Gasteiger partial charge < -0.3 is 14.8 Å². The lowest BCUT2D eigenvalue weighted by molar-refractivity contribution is 0.171. The number of benzene rings is 1. The fourth-order valence-corrected chi connectivity index (χ4v) is 2.81. The lowest BCUT2D eigenvalue weighted by atomic mass is 9.98. The third kappa shape index (κ3) is 2.61. The van der Waals surface area contributed by atoms with Crippen LogP contribution in [0.15, 0.2) is 24.4 Å². The van der Waals surface area contributed by atoms with E-state index in [1.54, 1.807) is 0 Å². The van der Waals surface area contributed by atoms with Crippen molar-refractivity contribution < 1.29 is 9.47 Å². The van der Waals surface area contributed by atoms with Crippen LogP contribution < -0.4 is 14.8 Å². The molecular weight excluding hydrogens is 266 g/mol. The number of hydrogen-bond acceptors (Lipinski definition) is 4. The zero-order chi connectivity index (χ0) is 14.8. The SMILES string of the molecule is CCc1nn(C)cc1C(NC)c1ccc2c(c1)OCCO2. The van der Waals surface area contributed by atoms with Crippen LogP contribution in [0.2, 0.25) is 0 Å². The molecule has 1 N–H and O–H groups in total. The van der Waals surface area contributed by atoms with Gasteiger partial charge in [-0.1, -0.05) is 13.0 Å². The van der Waals surface area contributed by atoms with E-state index in [1.807, 2.05) is 24.8 Å². The van der Waals surface area contributed by atoms with Crippen molar-refractivity contribution in [3.63, 3.8) is 0 Å². The van der Waals surface area contributed by atoms with Gasteiger partial charge in [0.15, 0.2) is 11.5 Å². The minimum atomic E-state index is 0.101. The highest BCUT2D eigenvalue weighted by Gasteiger charge is 2.21. The first-order chi connectivity index (χ1) is 10.2. The molecule has 0 radical (unpaired) electrons. The monoisotopic (exact) mass is 287 g/mol. The topological polar surface area (TPSA) is 48.3 Å². The van der Waals surface area contributed by atoms with Crippen molar-refractivity contribution >= 4 is 0 Å². The van der Waals surface area contributed by atoms with Crippen LogP contribution >= 0.6 is 0 Å². The van der Waals surface area contributed by atoms with Crippen molar-refractivity contribution in [1.82, 2.24) is 15.1 Å². The van der Waals surface area contributed by atoms with Gasteiger partial charge in [-0.25, -0.2) is 0 Å². The number of aryl methyl sites for hydroxylation is 2. The second-order valence-corrected chi connectivity index (χ2v) is 5.18. The highest BCUT2D eigenvalue weighted by Crippen LogP contribution is 2.34. The quantitative estimate of drug-likeness (QED) is 0.935. The summed E-state index contributed by atoms with van der Waals surface area (Å²) in [5, 5.41) is 7.91. The molecule has 3 rings (SSSR count). The Balaban J connectivity index is 1.99. The summed E-state index contributed by atoms with van der Waals surface area (Å²) in [5.41, 5.74) is 3.48. The number of rotatable bonds is 4. The molecule has 1 atom stereocenters. The van der Waals surface area contributed by atoms with E-state index in [1.165, 1.54) is 5.56 Å². The summed E-state index contributed by atoms with van der Waals surface area (Å²) >= 11 is 0. The Morgan fingerprint density at radius 1 is 1.29 bits per heavy atom. The van der Waals surface area contributed by atoms with E-state index in [-0.39, 0.29) is 6.04 Å². The molecule has 1 aromatic heterocycles. The highest BCUT2D eigenvalue weighted by molar-refractivity contribution is 5.46. The molecule has 2 aromatic rings. The zero-order valence-electron chi connectivity index (χ0n) is 12.7. The molecule has 5 nitrogen and oxygen atoms in total. The standard InChI is InChI=1S/C16H21N3O2/c1-4-13-12(10-19(3)18-13)16(17-2)11-5-6-14-15(9-11)21-8-7-20-14/h5-6,9-10,16-17H,4,7-8H2,1-3H3. The van der Waals surface area contributed by atoms with Gasteiger partial charge in [0.1, 0.15) is 13.2 Å². The summed E-state index contributed by atoms with van der Waals surface area (Å²) in [4.78, 5) is 0. The van der Waals surface area contributed by atoms with Crippen LogP contribution in [0.25, 0.3) is 0 Å². The molecule has 0 saturated heterocycles. The van der Waals surface area contributed by atoms with E-state index in [4.69, 9.17) is 9.47 Å². The van der Waals surface area contributed by atoms with Crippen molar-refractivity contribution in [3.8, 4) is 11.5 Å². The van der Waals surface area contributed by atoms with Crippen LogP contribution in [0.1, 0.15) is 29.8 Å². The summed E-state index contributed by atoms with van der Waals surface area (Å²) in [5.74, 6) is 1.64. The van der Waals surface area contributed by atoms with E-state index >= 15 is 0 Å². The maximum absolute atomic E-state index is 5.68. The number of ether oxygens (including phenoxy) is 2. The molecule has 0 bridgehead atoms. The zero-order valence-corrected chi connectivity index (χ0v) is 12.7. The van der Waals surface area contributed by atoms with Crippen molar-refractivity contribution in [2.24, 2.45) is 7.05 Å². The van der Waals surface area contributed by atoms with Crippen LogP contribution in [0.4, 0.5) is 0 Å². The first kappa shape index (κ1) is 13.9. The summed E-state index contributed by atoms with van der Waals surface area (Å²) in [6.07, 6.45) is 3.00. The first-order valence-corrected chi connectivity index (χ1v) is 7.32. The Morgan fingerprint density at radius 3 is 2.76 bits per heavy atom. The molecule has 5 heteroatoms. The molecule has 21 heavy (non-hydrogen) atoms. The minimum Gasteiger partial charge on any atom is -0.486 e. The molecule has 0 aliphatic carbocycles. The lowest BCUT2D eigenvalue weighted by Gasteiger charge is -2.22. The summed E-state index contributed by atoms with van der Waals surface area (Å²) < 4.78 is 13.1. The van der Waals surface area contributed by atoms with E-state index in [9.17, 15) is 0 Å². The van der Waals surface area contributed by atoms with E-state index < -0.39 is 0 Å². The molecule has 0 saturated carbocycles. The maximum Gasteiger partial charge on any atom is 0.161 e. The number of nitrogens with zero attached hydrogens (tertiary/aromatic N) is 2. The van der Waals surface area contributed by atoms with Gasteiger partial charge in [0, 0.05) is 18.8 Å². The minimum absolute atomic E-state index is 0.101. The van der Waals surface area contributed by atoms with Crippen LogP contribution in [0, 0.1) is 0 Å². The number of nitrogens with one attached hydrogen (secondary N) is 1. The van der Waals surface area contributed by atoms with Crippen LogP contribution in [0.3, 0.4) is 0 Å².